The van der Waals surface area contributed by atoms with Crippen LogP contribution in [0.2, 0.25) is 0 Å². The van der Waals surface area contributed by atoms with Gasteiger partial charge in [-0.1, -0.05) is 27.7 Å². The molecule has 3 amide bonds. The summed E-state index contributed by atoms with van der Waals surface area (Å²) < 4.78 is 5.03. The Kier molecular flexibility index (Phi) is 11.2. The van der Waals surface area contributed by atoms with Crippen molar-refractivity contribution in [3.8, 4) is 0 Å². The first-order valence-electron chi connectivity index (χ1n) is 12.5. The lowest BCUT2D eigenvalue weighted by molar-refractivity contribution is -0.144. The molecule has 4 N–H and O–H groups in total. The number of carbonyl (C=O) groups excluding carboxylic acids is 4. The van der Waals surface area contributed by atoms with Crippen LogP contribution in [0.5, 0.6) is 0 Å². The van der Waals surface area contributed by atoms with Gasteiger partial charge in [-0.2, -0.15) is 0 Å². The first kappa shape index (κ1) is 29.2. The zero-order valence-corrected chi connectivity index (χ0v) is 21.7. The molecule has 1 heterocycles. The van der Waals surface area contributed by atoms with Gasteiger partial charge in [0.25, 0.3) is 5.91 Å². The van der Waals surface area contributed by atoms with E-state index in [1.807, 2.05) is 0 Å². The van der Waals surface area contributed by atoms with Crippen molar-refractivity contribution < 1.29 is 29.0 Å². The fraction of sp³-hybridized carbons (Fsp3) is 0.680. The summed E-state index contributed by atoms with van der Waals surface area (Å²) in [4.78, 5) is 58.4. The van der Waals surface area contributed by atoms with Gasteiger partial charge < -0.3 is 25.8 Å². The summed E-state index contributed by atoms with van der Waals surface area (Å²) >= 11 is 0. The summed E-state index contributed by atoms with van der Waals surface area (Å²) in [5.74, 6) is -2.59. The molecule has 11 nitrogen and oxygen atoms in total. The van der Waals surface area contributed by atoms with Gasteiger partial charge in [0, 0.05) is 31.3 Å². The van der Waals surface area contributed by atoms with Crippen molar-refractivity contribution in [2.24, 2.45) is 23.7 Å². The predicted octanol–water partition coefficient (Wildman–Crippen LogP) is 0.828. The van der Waals surface area contributed by atoms with Crippen LogP contribution < -0.4 is 16.0 Å². The third-order valence-electron chi connectivity index (χ3n) is 6.46. The minimum atomic E-state index is -0.890. The van der Waals surface area contributed by atoms with Crippen molar-refractivity contribution in [3.05, 3.63) is 24.3 Å². The second kappa shape index (κ2) is 13.9. The highest BCUT2D eigenvalue weighted by Crippen LogP contribution is 2.34. The van der Waals surface area contributed by atoms with E-state index in [0.29, 0.717) is 19.4 Å². The number of hydrogen-bond donors (Lipinski definition) is 4. The number of amides is 3. The lowest BCUT2D eigenvalue weighted by Gasteiger charge is -2.28. The molecular weight excluding hydrogens is 466 g/mol. The van der Waals surface area contributed by atoms with Crippen LogP contribution in [0.15, 0.2) is 18.6 Å². The third-order valence-corrected chi connectivity index (χ3v) is 6.46. The standard InChI is InChI=1S/C25H39N5O6/c1-6-36-20(32)11-16-7-8-19(31)17(16)12-28-24(34)21(14(2)3)30-25(35)22(15(4)5)29-23(33)18-13-26-9-10-27-18/h9-10,13-17,19,21-22,31H,6-8,11-12H2,1-5H3,(H,28,34)(H,29,33)(H,30,35)/t16-,17+,19?,21+,22-/m1/s1. The zero-order chi connectivity index (χ0) is 26.8. The summed E-state index contributed by atoms with van der Waals surface area (Å²) in [6.07, 6.45) is 4.93. The molecule has 1 saturated carbocycles. The van der Waals surface area contributed by atoms with Gasteiger partial charge in [0.2, 0.25) is 11.8 Å². The average molecular weight is 506 g/mol. The lowest BCUT2D eigenvalue weighted by atomic mass is 9.91. The van der Waals surface area contributed by atoms with Crippen LogP contribution in [-0.4, -0.2) is 70.1 Å². The molecule has 36 heavy (non-hydrogen) atoms. The molecule has 1 unspecified atom stereocenters. The molecule has 2 rings (SSSR count). The molecule has 1 aliphatic rings. The average Bonchev–Trinajstić information content (AvgIpc) is 3.17. The second-order valence-corrected chi connectivity index (χ2v) is 9.84. The van der Waals surface area contributed by atoms with Crippen LogP contribution in [-0.2, 0) is 19.1 Å². The van der Waals surface area contributed by atoms with Crippen LogP contribution in [0.4, 0.5) is 0 Å². The Balaban J connectivity index is 2.01. The Hall–Kier alpha value is -3.08. The van der Waals surface area contributed by atoms with Crippen LogP contribution in [0, 0.1) is 23.7 Å². The third kappa shape index (κ3) is 8.25. The van der Waals surface area contributed by atoms with Gasteiger partial charge >= 0.3 is 5.97 Å². The van der Waals surface area contributed by atoms with Crippen molar-refractivity contribution in [2.75, 3.05) is 13.2 Å². The Morgan fingerprint density at radius 1 is 1.03 bits per heavy atom. The molecule has 0 aromatic carbocycles. The molecule has 0 spiro atoms. The van der Waals surface area contributed by atoms with E-state index in [4.69, 9.17) is 4.74 Å². The maximum atomic E-state index is 13.1. The second-order valence-electron chi connectivity index (χ2n) is 9.84. The monoisotopic (exact) mass is 505 g/mol. The molecule has 0 radical (unpaired) electrons. The smallest absolute Gasteiger partial charge is 0.306 e. The molecule has 1 aromatic rings. The fourth-order valence-corrected chi connectivity index (χ4v) is 4.39. The summed E-state index contributed by atoms with van der Waals surface area (Å²) in [7, 11) is 0. The van der Waals surface area contributed by atoms with Crippen molar-refractivity contribution in [2.45, 2.75) is 72.1 Å². The Labute approximate surface area is 212 Å². The number of esters is 1. The number of aromatic nitrogens is 2. The summed E-state index contributed by atoms with van der Waals surface area (Å²) in [5.41, 5.74) is 0.0848. The molecular formula is C25H39N5O6. The largest absolute Gasteiger partial charge is 0.466 e. The normalized spacial score (nSPS) is 21.1. The van der Waals surface area contributed by atoms with Gasteiger partial charge in [-0.25, -0.2) is 4.98 Å². The molecule has 0 saturated heterocycles. The molecule has 5 atom stereocenters. The minimum Gasteiger partial charge on any atom is -0.466 e. The number of nitrogens with one attached hydrogen (secondary N) is 3. The molecule has 0 bridgehead atoms. The van der Waals surface area contributed by atoms with Crippen LogP contribution in [0.25, 0.3) is 0 Å². The fourth-order valence-electron chi connectivity index (χ4n) is 4.39. The first-order valence-corrected chi connectivity index (χ1v) is 12.5. The molecule has 1 aliphatic carbocycles. The van der Waals surface area contributed by atoms with Crippen molar-refractivity contribution in [3.63, 3.8) is 0 Å². The Bertz CT molecular complexity index is 894. The number of carbonyl (C=O) groups is 4. The number of nitrogens with zero attached hydrogens (tertiary/aromatic N) is 2. The lowest BCUT2D eigenvalue weighted by Crippen LogP contribution is -2.57. The van der Waals surface area contributed by atoms with E-state index >= 15 is 0 Å². The van der Waals surface area contributed by atoms with Gasteiger partial charge in [-0.05, 0) is 37.5 Å². The molecule has 11 heteroatoms. The van der Waals surface area contributed by atoms with E-state index in [1.54, 1.807) is 34.6 Å². The zero-order valence-electron chi connectivity index (χ0n) is 21.7. The SMILES string of the molecule is CCOC(=O)C[C@H]1CCC(O)[C@H]1CNC(=O)[C@@H](NC(=O)[C@H](NC(=O)c1cnccn1)C(C)C)C(C)C. The van der Waals surface area contributed by atoms with E-state index in [0.717, 1.165) is 0 Å². The van der Waals surface area contributed by atoms with Gasteiger partial charge in [0.1, 0.15) is 17.8 Å². The van der Waals surface area contributed by atoms with Gasteiger partial charge in [0.05, 0.1) is 18.9 Å². The Morgan fingerprint density at radius 3 is 2.28 bits per heavy atom. The molecule has 0 aliphatic heterocycles. The number of aliphatic hydroxyl groups excluding tert-OH is 1. The summed E-state index contributed by atoms with van der Waals surface area (Å²) in [6, 6.07) is -1.74. The minimum absolute atomic E-state index is 0.0848. The number of rotatable bonds is 12. The number of hydrogen-bond acceptors (Lipinski definition) is 8. The van der Waals surface area contributed by atoms with Gasteiger partial charge in [0.15, 0.2) is 0 Å². The maximum absolute atomic E-state index is 13.1. The van der Waals surface area contributed by atoms with Gasteiger partial charge in [-0.15, -0.1) is 0 Å². The highest BCUT2D eigenvalue weighted by molar-refractivity contribution is 5.97. The van der Waals surface area contributed by atoms with Crippen LogP contribution in [0.3, 0.4) is 0 Å². The highest BCUT2D eigenvalue weighted by atomic mass is 16.5. The van der Waals surface area contributed by atoms with E-state index < -0.39 is 35.9 Å². The molecule has 1 aromatic heterocycles. The Morgan fingerprint density at radius 2 is 1.69 bits per heavy atom. The molecule has 1 fully saturated rings. The van der Waals surface area contributed by atoms with E-state index in [9.17, 15) is 24.3 Å². The first-order chi connectivity index (χ1) is 17.0. The van der Waals surface area contributed by atoms with Gasteiger partial charge in [-0.3, -0.25) is 24.2 Å². The van der Waals surface area contributed by atoms with Crippen molar-refractivity contribution in [1.82, 2.24) is 25.9 Å². The predicted molar refractivity (Wildman–Crippen MR) is 131 cm³/mol. The van der Waals surface area contributed by atoms with Crippen molar-refractivity contribution in [1.29, 1.82) is 0 Å². The highest BCUT2D eigenvalue weighted by Gasteiger charge is 2.37. The maximum Gasteiger partial charge on any atom is 0.306 e. The van der Waals surface area contributed by atoms with E-state index in [2.05, 4.69) is 25.9 Å². The molecule has 200 valence electrons. The number of ether oxygens (including phenoxy) is 1. The van der Waals surface area contributed by atoms with Crippen LogP contribution in [0.1, 0.15) is 64.4 Å². The van der Waals surface area contributed by atoms with E-state index in [-0.39, 0.29) is 48.3 Å². The van der Waals surface area contributed by atoms with Crippen molar-refractivity contribution >= 4 is 23.7 Å². The quantitative estimate of drug-likeness (QED) is 0.304. The topological polar surface area (TPSA) is 160 Å². The summed E-state index contributed by atoms with van der Waals surface area (Å²) in [5, 5.41) is 18.7. The van der Waals surface area contributed by atoms with E-state index in [1.165, 1.54) is 18.6 Å². The summed E-state index contributed by atoms with van der Waals surface area (Å²) in [6.45, 7) is 9.40. The number of aliphatic hydroxyl groups is 1. The van der Waals surface area contributed by atoms with Crippen LogP contribution >= 0.6 is 0 Å².